The molecule has 4 N–H and O–H groups in total. The lowest BCUT2D eigenvalue weighted by Gasteiger charge is -2.45. The van der Waals surface area contributed by atoms with Crippen LogP contribution in [0.25, 0.3) is 11.0 Å². The maximum Gasteiger partial charge on any atom is 0.347 e. The Balaban J connectivity index is 1.70. The van der Waals surface area contributed by atoms with E-state index in [4.69, 9.17) is 5.26 Å². The number of aromatic nitrogens is 2. The van der Waals surface area contributed by atoms with Crippen LogP contribution in [0.15, 0.2) is 23.6 Å². The number of hydrogen-bond acceptors (Lipinski definition) is 5. The SMILES string of the molecule is CC1(N2CCCC([NH+]=C(O)CC#N)C2)NN=Cc2cnc3[nH]ccc3c21. The number of aromatic amines is 1. The molecule has 0 radical (unpaired) electrons. The number of rotatable bonds is 3. The van der Waals surface area contributed by atoms with Gasteiger partial charge in [-0.1, -0.05) is 0 Å². The van der Waals surface area contributed by atoms with Crippen molar-refractivity contribution in [1.29, 1.82) is 5.26 Å². The minimum absolute atomic E-state index is 0.00872. The smallest absolute Gasteiger partial charge is 0.347 e. The molecule has 0 saturated carbocycles. The molecule has 26 heavy (non-hydrogen) atoms. The Morgan fingerprint density at radius 1 is 1.58 bits per heavy atom. The van der Waals surface area contributed by atoms with Gasteiger partial charge in [0, 0.05) is 41.9 Å². The Kier molecular flexibility index (Phi) is 4.09. The maximum absolute atomic E-state index is 9.85. The summed E-state index contributed by atoms with van der Waals surface area (Å²) in [6.45, 7) is 3.79. The second-order valence-corrected chi connectivity index (χ2v) is 6.98. The summed E-state index contributed by atoms with van der Waals surface area (Å²) in [5, 5.41) is 24.0. The minimum atomic E-state index is -0.474. The zero-order chi connectivity index (χ0) is 18.1. The number of nitrogens with one attached hydrogen (secondary N) is 3. The molecule has 134 valence electrons. The molecule has 8 nitrogen and oxygen atoms in total. The van der Waals surface area contributed by atoms with Crippen LogP contribution in [0.1, 0.15) is 37.3 Å². The van der Waals surface area contributed by atoms with Crippen molar-refractivity contribution in [2.75, 3.05) is 13.1 Å². The standard InChI is InChI=1S/C18H21N7O/c1-18(25-8-2-3-13(11-25)23-15(26)4-6-19)16-12(10-22-24-18)9-21-17-14(16)5-7-20-17/h5,7,9-10,13,24H,2-4,8,11H2,1H3,(H,20,21)(H,23,26)/p+1. The first kappa shape index (κ1) is 16.5. The molecule has 2 atom stereocenters. The van der Waals surface area contributed by atoms with Crippen molar-refractivity contribution in [2.24, 2.45) is 5.10 Å². The van der Waals surface area contributed by atoms with E-state index < -0.39 is 5.66 Å². The number of nitrogens with zero attached hydrogens (tertiary/aromatic N) is 4. The number of fused-ring (bicyclic) bond motifs is 3. The zero-order valence-electron chi connectivity index (χ0n) is 14.7. The molecule has 0 spiro atoms. The molecular formula is C18H22N7O+. The van der Waals surface area contributed by atoms with Gasteiger partial charge in [-0.15, -0.1) is 0 Å². The highest BCUT2D eigenvalue weighted by Crippen LogP contribution is 2.36. The van der Waals surface area contributed by atoms with Gasteiger partial charge >= 0.3 is 5.90 Å². The van der Waals surface area contributed by atoms with Crippen LogP contribution in [-0.2, 0) is 5.66 Å². The minimum Gasteiger partial charge on any atom is -0.463 e. The van der Waals surface area contributed by atoms with E-state index >= 15 is 0 Å². The molecule has 4 rings (SSSR count). The molecule has 2 aromatic heterocycles. The van der Waals surface area contributed by atoms with Gasteiger partial charge in [0.05, 0.1) is 18.8 Å². The number of aliphatic hydroxyl groups excluding tert-OH is 1. The molecule has 8 heteroatoms. The summed E-state index contributed by atoms with van der Waals surface area (Å²) >= 11 is 0. The summed E-state index contributed by atoms with van der Waals surface area (Å²) in [6.07, 6.45) is 7.52. The average Bonchev–Trinajstić information content (AvgIpc) is 3.11. The summed E-state index contributed by atoms with van der Waals surface area (Å²) in [5.74, 6) is 0.0387. The summed E-state index contributed by atoms with van der Waals surface area (Å²) < 4.78 is 0. The summed E-state index contributed by atoms with van der Waals surface area (Å²) in [4.78, 5) is 13.1. The van der Waals surface area contributed by atoms with Gasteiger partial charge in [0.1, 0.15) is 11.3 Å². The highest BCUT2D eigenvalue weighted by atomic mass is 16.3. The van der Waals surface area contributed by atoms with Crippen molar-refractivity contribution in [3.63, 3.8) is 0 Å². The second-order valence-electron chi connectivity index (χ2n) is 6.98. The maximum atomic E-state index is 9.85. The number of H-pyrrole nitrogens is 1. The van der Waals surface area contributed by atoms with Gasteiger partial charge in [-0.2, -0.15) is 10.4 Å². The van der Waals surface area contributed by atoms with Crippen molar-refractivity contribution in [3.05, 3.63) is 29.6 Å². The van der Waals surface area contributed by atoms with Gasteiger partial charge in [0.2, 0.25) is 0 Å². The molecule has 0 aromatic carbocycles. The van der Waals surface area contributed by atoms with Crippen LogP contribution in [0.3, 0.4) is 0 Å². The van der Waals surface area contributed by atoms with Crippen LogP contribution in [0.2, 0.25) is 0 Å². The van der Waals surface area contributed by atoms with Gasteiger partial charge in [-0.05, 0) is 19.4 Å². The number of likely N-dealkylation sites (tertiary alicyclic amines) is 1. The molecule has 0 amide bonds. The van der Waals surface area contributed by atoms with Gasteiger partial charge in [0.15, 0.2) is 12.5 Å². The molecule has 2 aliphatic rings. The Morgan fingerprint density at radius 3 is 3.31 bits per heavy atom. The number of hydrogen-bond donors (Lipinski definition) is 4. The Bertz CT molecular complexity index is 925. The normalized spacial score (nSPS) is 26.3. The number of piperidine rings is 1. The fraction of sp³-hybridized carbons (Fsp3) is 0.444. The van der Waals surface area contributed by atoms with Gasteiger partial charge in [-0.25, -0.2) is 9.98 Å². The Labute approximate surface area is 151 Å². The van der Waals surface area contributed by atoms with E-state index in [1.165, 1.54) is 0 Å². The van der Waals surface area contributed by atoms with E-state index in [1.54, 1.807) is 0 Å². The summed E-state index contributed by atoms with van der Waals surface area (Å²) in [5.41, 5.74) is 5.86. The number of nitriles is 1. The van der Waals surface area contributed by atoms with Crippen molar-refractivity contribution < 1.29 is 10.1 Å². The molecule has 2 unspecified atom stereocenters. The average molecular weight is 352 g/mol. The summed E-state index contributed by atoms with van der Waals surface area (Å²) in [6, 6.07) is 4.10. The summed E-state index contributed by atoms with van der Waals surface area (Å²) in [7, 11) is 0. The van der Waals surface area contributed by atoms with E-state index in [0.29, 0.717) is 0 Å². The monoisotopic (exact) mass is 352 g/mol. The van der Waals surface area contributed by atoms with Gasteiger partial charge in [0.25, 0.3) is 0 Å². The van der Waals surface area contributed by atoms with Crippen LogP contribution >= 0.6 is 0 Å². The number of hydrazone groups is 1. The molecule has 0 bridgehead atoms. The van der Waals surface area contributed by atoms with Crippen LogP contribution in [0.4, 0.5) is 0 Å². The lowest BCUT2D eigenvalue weighted by Crippen LogP contribution is -2.83. The quantitative estimate of drug-likeness (QED) is 0.462. The number of pyridine rings is 1. The highest BCUT2D eigenvalue weighted by molar-refractivity contribution is 5.92. The van der Waals surface area contributed by atoms with Gasteiger partial charge in [-0.3, -0.25) is 10.3 Å². The molecule has 0 aliphatic carbocycles. The first-order valence-electron chi connectivity index (χ1n) is 8.82. The predicted octanol–water partition coefficient (Wildman–Crippen LogP) is 0.0879. The van der Waals surface area contributed by atoms with Crippen LogP contribution in [-0.4, -0.2) is 51.2 Å². The molecule has 4 heterocycles. The third-order valence-corrected chi connectivity index (χ3v) is 5.26. The van der Waals surface area contributed by atoms with Crippen molar-refractivity contribution in [3.8, 4) is 6.07 Å². The van der Waals surface area contributed by atoms with Crippen LogP contribution in [0.5, 0.6) is 0 Å². The van der Waals surface area contributed by atoms with E-state index in [0.717, 1.165) is 48.1 Å². The zero-order valence-corrected chi connectivity index (χ0v) is 14.7. The first-order valence-corrected chi connectivity index (χ1v) is 8.82. The van der Waals surface area contributed by atoms with Crippen molar-refractivity contribution >= 4 is 23.1 Å². The fourth-order valence-corrected chi connectivity index (χ4v) is 4.04. The highest BCUT2D eigenvalue weighted by Gasteiger charge is 2.42. The third kappa shape index (κ3) is 2.70. The van der Waals surface area contributed by atoms with E-state index in [9.17, 15) is 5.11 Å². The fourth-order valence-electron chi connectivity index (χ4n) is 4.04. The first-order chi connectivity index (χ1) is 12.6. The van der Waals surface area contributed by atoms with E-state index in [2.05, 4.69) is 37.3 Å². The molecule has 2 aliphatic heterocycles. The van der Waals surface area contributed by atoms with Gasteiger partial charge < -0.3 is 10.1 Å². The van der Waals surface area contributed by atoms with Crippen molar-refractivity contribution in [1.82, 2.24) is 20.3 Å². The topological polar surface area (TPSA) is 114 Å². The van der Waals surface area contributed by atoms with E-state index in [-0.39, 0.29) is 18.4 Å². The third-order valence-electron chi connectivity index (χ3n) is 5.26. The lowest BCUT2D eigenvalue weighted by molar-refractivity contribution is -0.518. The molecule has 1 saturated heterocycles. The Hall–Kier alpha value is -2.92. The molecular weight excluding hydrogens is 330 g/mol. The largest absolute Gasteiger partial charge is 0.463 e. The lowest BCUT2D eigenvalue weighted by atomic mass is 9.90. The second kappa shape index (κ2) is 6.42. The van der Waals surface area contributed by atoms with Crippen LogP contribution < -0.4 is 10.4 Å². The van der Waals surface area contributed by atoms with Crippen LogP contribution in [0, 0.1) is 11.3 Å². The number of aliphatic hydroxyl groups is 1. The van der Waals surface area contributed by atoms with Crippen molar-refractivity contribution in [2.45, 2.75) is 37.9 Å². The predicted molar refractivity (Wildman–Crippen MR) is 97.6 cm³/mol. The Morgan fingerprint density at radius 2 is 2.46 bits per heavy atom. The van der Waals surface area contributed by atoms with E-state index in [1.807, 2.05) is 30.7 Å². The molecule has 2 aromatic rings. The molecule has 1 fully saturated rings.